The van der Waals surface area contributed by atoms with Gasteiger partial charge in [-0.1, -0.05) is 6.07 Å². The van der Waals surface area contributed by atoms with Crippen LogP contribution in [0.4, 0.5) is 4.79 Å². The van der Waals surface area contributed by atoms with Gasteiger partial charge in [0, 0.05) is 13.2 Å². The van der Waals surface area contributed by atoms with Crippen LogP contribution in [0, 0.1) is 10.8 Å². The van der Waals surface area contributed by atoms with Crippen LogP contribution in [0.3, 0.4) is 0 Å². The molecule has 0 saturated carbocycles. The van der Waals surface area contributed by atoms with Crippen molar-refractivity contribution in [3.8, 4) is 0 Å². The molecular weight excluding hydrogens is 256 g/mol. The number of hydrogen-bond acceptors (Lipinski definition) is 4. The third-order valence-corrected chi connectivity index (χ3v) is 2.50. The van der Waals surface area contributed by atoms with Crippen LogP contribution >= 0.6 is 0 Å². The number of amides is 1. The van der Waals surface area contributed by atoms with Crippen LogP contribution in [0.15, 0.2) is 18.3 Å². The van der Waals surface area contributed by atoms with Crippen molar-refractivity contribution >= 4 is 11.9 Å². The minimum atomic E-state index is -0.526. The number of hydrogen-bond donors (Lipinski definition) is 2. The molecule has 2 N–H and O–H groups in total. The Balaban J connectivity index is 2.83. The summed E-state index contributed by atoms with van der Waals surface area (Å²) in [6.45, 7) is 7.43. The van der Waals surface area contributed by atoms with Crippen molar-refractivity contribution < 1.29 is 9.53 Å². The van der Waals surface area contributed by atoms with E-state index in [4.69, 9.17) is 15.6 Å². The second-order valence-corrected chi connectivity index (χ2v) is 5.71. The zero-order valence-corrected chi connectivity index (χ0v) is 12.7. The summed E-state index contributed by atoms with van der Waals surface area (Å²) in [5.74, 6) is 0.261. The van der Waals surface area contributed by atoms with Crippen LogP contribution in [0.25, 0.3) is 0 Å². The van der Waals surface area contributed by atoms with Crippen LogP contribution in [0.1, 0.15) is 33.3 Å². The summed E-state index contributed by atoms with van der Waals surface area (Å²) in [4.78, 5) is 13.3. The number of nitrogens with zero attached hydrogens (tertiary/aromatic N) is 2. The van der Waals surface area contributed by atoms with E-state index in [1.165, 1.54) is 9.47 Å². The lowest BCUT2D eigenvalue weighted by Gasteiger charge is -2.24. The molecule has 1 heterocycles. The molecule has 0 spiro atoms. The van der Waals surface area contributed by atoms with Gasteiger partial charge in [0.2, 0.25) is 0 Å². The van der Waals surface area contributed by atoms with Gasteiger partial charge in [0.05, 0.1) is 6.54 Å². The summed E-state index contributed by atoms with van der Waals surface area (Å²) in [5, 5.41) is 15.3. The van der Waals surface area contributed by atoms with Gasteiger partial charge in [0.1, 0.15) is 16.9 Å². The van der Waals surface area contributed by atoms with E-state index in [1.807, 2.05) is 20.8 Å². The summed E-state index contributed by atoms with van der Waals surface area (Å²) < 4.78 is 6.73. The van der Waals surface area contributed by atoms with E-state index in [0.29, 0.717) is 6.54 Å². The average molecular weight is 278 g/mol. The molecule has 0 bridgehead atoms. The van der Waals surface area contributed by atoms with E-state index < -0.39 is 11.7 Å². The van der Waals surface area contributed by atoms with E-state index in [2.05, 4.69) is 0 Å². The van der Waals surface area contributed by atoms with E-state index in [0.717, 1.165) is 5.56 Å². The normalized spacial score (nSPS) is 11.1. The number of pyridine rings is 1. The molecule has 1 amide bonds. The first-order valence-electron chi connectivity index (χ1n) is 6.36. The van der Waals surface area contributed by atoms with Gasteiger partial charge in [-0.05, 0) is 39.3 Å². The summed E-state index contributed by atoms with van der Waals surface area (Å²) >= 11 is 0. The number of carbonyl (C=O) groups is 1. The van der Waals surface area contributed by atoms with Gasteiger partial charge < -0.3 is 9.64 Å². The maximum absolute atomic E-state index is 11.9. The van der Waals surface area contributed by atoms with Crippen molar-refractivity contribution in [3.05, 3.63) is 29.4 Å². The number of ether oxygens (including phenoxy) is 1. The largest absolute Gasteiger partial charge is 0.444 e. The Morgan fingerprint density at radius 3 is 2.50 bits per heavy atom. The van der Waals surface area contributed by atoms with Gasteiger partial charge in [-0.15, -0.1) is 0 Å². The summed E-state index contributed by atoms with van der Waals surface area (Å²) in [5.41, 5.74) is 0.545. The van der Waals surface area contributed by atoms with Crippen molar-refractivity contribution in [2.75, 3.05) is 7.05 Å². The molecule has 6 heteroatoms. The van der Waals surface area contributed by atoms with Crippen LogP contribution in [0.2, 0.25) is 0 Å². The van der Waals surface area contributed by atoms with Crippen molar-refractivity contribution in [1.29, 1.82) is 10.8 Å². The van der Waals surface area contributed by atoms with Gasteiger partial charge in [-0.2, -0.15) is 0 Å². The molecule has 0 radical (unpaired) electrons. The summed E-state index contributed by atoms with van der Waals surface area (Å²) in [6.07, 6.45) is 1.29. The molecule has 0 atom stereocenters. The fourth-order valence-electron chi connectivity index (χ4n) is 1.59. The Morgan fingerprint density at radius 2 is 2.00 bits per heavy atom. The van der Waals surface area contributed by atoms with Gasteiger partial charge in [0.25, 0.3) is 0 Å². The van der Waals surface area contributed by atoms with Gasteiger partial charge in [-0.3, -0.25) is 15.4 Å². The van der Waals surface area contributed by atoms with E-state index in [-0.39, 0.29) is 11.3 Å². The van der Waals surface area contributed by atoms with Gasteiger partial charge in [0.15, 0.2) is 0 Å². The van der Waals surface area contributed by atoms with Crippen molar-refractivity contribution in [2.45, 2.75) is 39.8 Å². The first-order valence-corrected chi connectivity index (χ1v) is 6.36. The predicted octanol–water partition coefficient (Wildman–Crippen LogP) is 2.18. The Bertz CT molecular complexity index is 569. The Kier molecular flexibility index (Phi) is 4.70. The molecule has 6 nitrogen and oxygen atoms in total. The van der Waals surface area contributed by atoms with Crippen LogP contribution in [-0.2, 0) is 11.3 Å². The Labute approximate surface area is 119 Å². The second kappa shape index (κ2) is 5.90. The highest BCUT2D eigenvalue weighted by Crippen LogP contribution is 2.10. The van der Waals surface area contributed by atoms with Gasteiger partial charge in [-0.25, -0.2) is 4.79 Å². The maximum Gasteiger partial charge on any atom is 0.410 e. The van der Waals surface area contributed by atoms with E-state index in [9.17, 15) is 4.79 Å². The topological polar surface area (TPSA) is 82.2 Å². The first kappa shape index (κ1) is 15.9. The zero-order chi connectivity index (χ0) is 15.5. The SMILES string of the molecule is CC(=N)n1cc(CN(C)C(=O)OC(C)(C)C)ccc1=N. The molecule has 1 aromatic rings. The molecule has 0 aliphatic heterocycles. The fourth-order valence-corrected chi connectivity index (χ4v) is 1.59. The molecule has 1 rings (SSSR count). The number of aromatic nitrogens is 1. The van der Waals surface area contributed by atoms with Crippen molar-refractivity contribution in [2.24, 2.45) is 0 Å². The highest BCUT2D eigenvalue weighted by atomic mass is 16.6. The number of nitrogens with one attached hydrogen (secondary N) is 2. The highest BCUT2D eigenvalue weighted by Gasteiger charge is 2.19. The lowest BCUT2D eigenvalue weighted by atomic mass is 10.2. The molecule has 0 aliphatic rings. The molecule has 0 saturated heterocycles. The maximum atomic E-state index is 11.9. The van der Waals surface area contributed by atoms with Gasteiger partial charge >= 0.3 is 6.09 Å². The van der Waals surface area contributed by atoms with E-state index in [1.54, 1.807) is 32.3 Å². The van der Waals surface area contributed by atoms with Crippen LogP contribution in [0.5, 0.6) is 0 Å². The minimum absolute atomic E-state index is 0.237. The monoisotopic (exact) mass is 278 g/mol. The smallest absolute Gasteiger partial charge is 0.410 e. The standard InChI is InChI=1S/C14H22N4O2/c1-10(15)18-9-11(6-7-12(18)16)8-17(5)13(19)20-14(2,3)4/h6-7,9,15-16H,8H2,1-5H3. The van der Waals surface area contributed by atoms with E-state index >= 15 is 0 Å². The Morgan fingerprint density at radius 1 is 1.40 bits per heavy atom. The molecule has 20 heavy (non-hydrogen) atoms. The van der Waals surface area contributed by atoms with Crippen LogP contribution in [-0.4, -0.2) is 34.0 Å². The molecule has 0 aliphatic carbocycles. The molecule has 0 fully saturated rings. The fraction of sp³-hybridized carbons (Fsp3) is 0.500. The summed E-state index contributed by atoms with van der Waals surface area (Å²) in [7, 11) is 1.66. The highest BCUT2D eigenvalue weighted by molar-refractivity contribution is 5.78. The third kappa shape index (κ3) is 4.53. The molecular formula is C14H22N4O2. The lowest BCUT2D eigenvalue weighted by Crippen LogP contribution is -2.34. The molecule has 0 unspecified atom stereocenters. The minimum Gasteiger partial charge on any atom is -0.444 e. The predicted molar refractivity (Wildman–Crippen MR) is 76.8 cm³/mol. The third-order valence-electron chi connectivity index (χ3n) is 2.50. The quantitative estimate of drug-likeness (QED) is 0.642. The Hall–Kier alpha value is -2.11. The molecule has 110 valence electrons. The van der Waals surface area contributed by atoms with Crippen molar-refractivity contribution in [3.63, 3.8) is 0 Å². The average Bonchev–Trinajstić information content (AvgIpc) is 2.28. The number of rotatable bonds is 2. The second-order valence-electron chi connectivity index (χ2n) is 5.71. The number of carbonyl (C=O) groups excluding carboxylic acids is 1. The molecule has 0 aromatic carbocycles. The molecule has 1 aromatic heterocycles. The zero-order valence-electron chi connectivity index (χ0n) is 12.7. The lowest BCUT2D eigenvalue weighted by molar-refractivity contribution is 0.0285. The first-order chi connectivity index (χ1) is 9.10. The summed E-state index contributed by atoms with van der Waals surface area (Å²) in [6, 6.07) is 3.37. The van der Waals surface area contributed by atoms with Crippen molar-refractivity contribution in [1.82, 2.24) is 9.47 Å². The van der Waals surface area contributed by atoms with Crippen LogP contribution < -0.4 is 5.49 Å².